The molecule has 6 rings (SSSR count). The molecule has 5 nitrogen and oxygen atoms in total. The first kappa shape index (κ1) is 24.0. The summed E-state index contributed by atoms with van der Waals surface area (Å²) in [5.41, 5.74) is 2.90. The molecule has 192 valence electrons. The van der Waals surface area contributed by atoms with E-state index in [9.17, 15) is 18.7 Å². The zero-order valence-electron chi connectivity index (χ0n) is 21.2. The van der Waals surface area contributed by atoms with Gasteiger partial charge in [0.25, 0.3) is 5.91 Å². The van der Waals surface area contributed by atoms with E-state index in [1.807, 2.05) is 17.8 Å². The molecule has 2 N–H and O–H groups in total. The van der Waals surface area contributed by atoms with Gasteiger partial charge in [-0.3, -0.25) is 4.79 Å². The van der Waals surface area contributed by atoms with Crippen LogP contribution >= 0.6 is 0 Å². The van der Waals surface area contributed by atoms with Crippen molar-refractivity contribution in [1.82, 2.24) is 15.1 Å². The van der Waals surface area contributed by atoms with Gasteiger partial charge < -0.3 is 10.4 Å². The van der Waals surface area contributed by atoms with E-state index in [-0.39, 0.29) is 22.8 Å². The third-order valence-electron chi connectivity index (χ3n) is 8.91. The Kier molecular flexibility index (Phi) is 5.42. The molecule has 3 aliphatic carbocycles. The Morgan fingerprint density at radius 3 is 2.59 bits per heavy atom. The molecule has 0 unspecified atom stereocenters. The van der Waals surface area contributed by atoms with E-state index >= 15 is 0 Å². The summed E-state index contributed by atoms with van der Waals surface area (Å²) >= 11 is 0. The van der Waals surface area contributed by atoms with Gasteiger partial charge in [0.05, 0.1) is 28.7 Å². The summed E-state index contributed by atoms with van der Waals surface area (Å²) in [4.78, 5) is 12.9. The van der Waals surface area contributed by atoms with E-state index < -0.39 is 16.8 Å². The molecule has 0 saturated heterocycles. The average Bonchev–Trinajstić information content (AvgIpc) is 3.35. The lowest BCUT2D eigenvalue weighted by Gasteiger charge is -2.42. The second-order valence-electron chi connectivity index (χ2n) is 11.4. The number of hydrogen-bond acceptors (Lipinski definition) is 3. The van der Waals surface area contributed by atoms with Crippen molar-refractivity contribution in [3.63, 3.8) is 0 Å². The van der Waals surface area contributed by atoms with Crippen LogP contribution in [0.1, 0.15) is 73.1 Å². The standard InChI is InChI=1S/C30H31F2N3O2/c1-28(14-15-28)34-27(36)26-19(4-3-5-24(26)32)10-12-30(37)13-11-21-16-25-20(17-29(21,30)2)18-33-35(25)23-8-6-22(31)7-9-23/h3-9,16,18,37H,10-15,17H2,1-2H3,(H,34,36)/t29-,30-/m0/s1. The van der Waals surface area contributed by atoms with Crippen LogP contribution in [0, 0.1) is 17.0 Å². The second kappa shape index (κ2) is 8.35. The predicted octanol–water partition coefficient (Wildman–Crippen LogP) is 5.54. The molecule has 2 aromatic carbocycles. The molecule has 37 heavy (non-hydrogen) atoms. The summed E-state index contributed by atoms with van der Waals surface area (Å²) in [5, 5.41) is 19.5. The smallest absolute Gasteiger partial charge is 0.254 e. The van der Waals surface area contributed by atoms with Crippen LogP contribution < -0.4 is 5.32 Å². The van der Waals surface area contributed by atoms with Crippen LogP contribution in [0.4, 0.5) is 8.78 Å². The summed E-state index contributed by atoms with van der Waals surface area (Å²) in [6.45, 7) is 4.06. The number of nitrogens with zero attached hydrogens (tertiary/aromatic N) is 2. The Morgan fingerprint density at radius 2 is 1.86 bits per heavy atom. The highest BCUT2D eigenvalue weighted by Gasteiger charge is 2.55. The highest BCUT2D eigenvalue weighted by Crippen LogP contribution is 2.57. The van der Waals surface area contributed by atoms with Crippen molar-refractivity contribution in [2.75, 3.05) is 0 Å². The molecule has 7 heteroatoms. The van der Waals surface area contributed by atoms with Crippen molar-refractivity contribution >= 4 is 12.0 Å². The van der Waals surface area contributed by atoms with Crippen molar-refractivity contribution in [1.29, 1.82) is 0 Å². The molecule has 3 aromatic rings. The zero-order chi connectivity index (χ0) is 26.0. The van der Waals surface area contributed by atoms with Crippen LogP contribution in [-0.2, 0) is 12.8 Å². The fourth-order valence-corrected chi connectivity index (χ4v) is 6.14. The van der Waals surface area contributed by atoms with Crippen LogP contribution in [0.5, 0.6) is 0 Å². The molecule has 2 atom stereocenters. The summed E-state index contributed by atoms with van der Waals surface area (Å²) < 4.78 is 30.0. The van der Waals surface area contributed by atoms with Gasteiger partial charge >= 0.3 is 0 Å². The highest BCUT2D eigenvalue weighted by molar-refractivity contribution is 5.96. The predicted molar refractivity (Wildman–Crippen MR) is 137 cm³/mol. The zero-order valence-corrected chi connectivity index (χ0v) is 21.2. The number of rotatable bonds is 6. The topological polar surface area (TPSA) is 67.2 Å². The molecule has 1 heterocycles. The molecule has 0 spiro atoms. The number of benzene rings is 2. The monoisotopic (exact) mass is 503 g/mol. The Bertz CT molecular complexity index is 1420. The SMILES string of the molecule is CC1(NC(=O)c2c(F)cccc2CC[C@]2(O)CCC3=Cc4c(cnn4-c4ccc(F)cc4)C[C@@]32C)CC1. The first-order chi connectivity index (χ1) is 17.6. The van der Waals surface area contributed by atoms with E-state index in [1.165, 1.54) is 18.2 Å². The number of hydrogen-bond donors (Lipinski definition) is 2. The van der Waals surface area contributed by atoms with Gasteiger partial charge in [-0.1, -0.05) is 24.6 Å². The number of carbonyl (C=O) groups is 1. The van der Waals surface area contributed by atoms with E-state index in [0.717, 1.165) is 41.8 Å². The largest absolute Gasteiger partial charge is 0.389 e. The maximum atomic E-state index is 14.8. The second-order valence-corrected chi connectivity index (χ2v) is 11.4. The van der Waals surface area contributed by atoms with Gasteiger partial charge in [0, 0.05) is 11.0 Å². The van der Waals surface area contributed by atoms with E-state index in [0.29, 0.717) is 31.2 Å². The number of fused-ring (bicyclic) bond motifs is 2. The van der Waals surface area contributed by atoms with Gasteiger partial charge in [0.2, 0.25) is 0 Å². The number of aryl methyl sites for hydroxylation is 1. The number of halogens is 2. The van der Waals surface area contributed by atoms with Crippen LogP contribution in [-0.4, -0.2) is 31.9 Å². The summed E-state index contributed by atoms with van der Waals surface area (Å²) in [7, 11) is 0. The van der Waals surface area contributed by atoms with Crippen LogP contribution in [0.3, 0.4) is 0 Å². The summed E-state index contributed by atoms with van der Waals surface area (Å²) in [6, 6.07) is 11.0. The normalized spacial score (nSPS) is 25.3. The minimum atomic E-state index is -1.00. The first-order valence-electron chi connectivity index (χ1n) is 13.0. The molecule has 3 aliphatic rings. The summed E-state index contributed by atoms with van der Waals surface area (Å²) in [6.07, 6.45) is 8.52. The minimum Gasteiger partial charge on any atom is -0.389 e. The Hall–Kier alpha value is -3.32. The Labute approximate surface area is 215 Å². The van der Waals surface area contributed by atoms with Gasteiger partial charge in [-0.15, -0.1) is 0 Å². The van der Waals surface area contributed by atoms with Crippen LogP contribution in [0.25, 0.3) is 11.8 Å². The minimum absolute atomic E-state index is 0.0876. The molecule has 0 aliphatic heterocycles. The van der Waals surface area contributed by atoms with E-state index in [2.05, 4.69) is 23.4 Å². The molecule has 0 radical (unpaired) electrons. The van der Waals surface area contributed by atoms with Crippen molar-refractivity contribution < 1.29 is 18.7 Å². The molecule has 1 aromatic heterocycles. The molecule has 0 bridgehead atoms. The molecule has 1 amide bonds. The van der Waals surface area contributed by atoms with Gasteiger partial charge in [-0.05, 0) is 99.4 Å². The maximum absolute atomic E-state index is 14.8. The number of aliphatic hydroxyl groups is 1. The molecular weight excluding hydrogens is 472 g/mol. The lowest BCUT2D eigenvalue weighted by molar-refractivity contribution is -0.0462. The number of amides is 1. The van der Waals surface area contributed by atoms with Gasteiger partial charge in [-0.2, -0.15) is 5.10 Å². The van der Waals surface area contributed by atoms with Crippen molar-refractivity contribution in [2.24, 2.45) is 5.41 Å². The molecule has 2 saturated carbocycles. The first-order valence-corrected chi connectivity index (χ1v) is 13.0. The number of aromatic nitrogens is 2. The van der Waals surface area contributed by atoms with Crippen molar-refractivity contribution in [2.45, 2.75) is 69.9 Å². The molecule has 2 fully saturated rings. The van der Waals surface area contributed by atoms with Gasteiger partial charge in [-0.25, -0.2) is 13.5 Å². The number of nitrogens with one attached hydrogen (secondary N) is 1. The van der Waals surface area contributed by atoms with E-state index in [1.54, 1.807) is 24.3 Å². The fraction of sp³-hybridized carbons (Fsp3) is 0.400. The lowest BCUT2D eigenvalue weighted by atomic mass is 9.65. The summed E-state index contributed by atoms with van der Waals surface area (Å²) in [5.74, 6) is -1.20. The van der Waals surface area contributed by atoms with Crippen LogP contribution in [0.2, 0.25) is 0 Å². The van der Waals surface area contributed by atoms with Gasteiger partial charge in [0.1, 0.15) is 11.6 Å². The van der Waals surface area contributed by atoms with Gasteiger partial charge in [0.15, 0.2) is 0 Å². The Morgan fingerprint density at radius 1 is 1.11 bits per heavy atom. The third-order valence-corrected chi connectivity index (χ3v) is 8.91. The maximum Gasteiger partial charge on any atom is 0.254 e. The van der Waals surface area contributed by atoms with Crippen molar-refractivity contribution in [3.8, 4) is 5.69 Å². The van der Waals surface area contributed by atoms with Crippen molar-refractivity contribution in [3.05, 3.63) is 88.3 Å². The number of carbonyl (C=O) groups excluding carboxylic acids is 1. The highest BCUT2D eigenvalue weighted by atomic mass is 19.1. The van der Waals surface area contributed by atoms with Crippen LogP contribution in [0.15, 0.2) is 54.2 Å². The average molecular weight is 504 g/mol. The lowest BCUT2D eigenvalue weighted by Crippen LogP contribution is -2.45. The molecular formula is C30H31F2N3O2. The Balaban J connectivity index is 1.26. The quantitative estimate of drug-likeness (QED) is 0.464. The van der Waals surface area contributed by atoms with E-state index in [4.69, 9.17) is 0 Å². The fourth-order valence-electron chi connectivity index (χ4n) is 6.14. The third kappa shape index (κ3) is 4.00.